The minimum Gasteiger partial charge on any atom is -0.463 e. The van der Waals surface area contributed by atoms with E-state index in [9.17, 15) is 14.4 Å². The van der Waals surface area contributed by atoms with Gasteiger partial charge >= 0.3 is 5.97 Å². The number of amides is 1. The lowest BCUT2D eigenvalue weighted by Crippen LogP contribution is -2.44. The van der Waals surface area contributed by atoms with Gasteiger partial charge in [0.25, 0.3) is 5.56 Å². The summed E-state index contributed by atoms with van der Waals surface area (Å²) >= 11 is 0. The van der Waals surface area contributed by atoms with Gasteiger partial charge in [-0.15, -0.1) is 0 Å². The Kier molecular flexibility index (Phi) is 5.33. The maximum absolute atomic E-state index is 12.9. The van der Waals surface area contributed by atoms with Gasteiger partial charge in [0.2, 0.25) is 12.1 Å². The number of para-hydroxylation sites is 1. The molecule has 0 saturated heterocycles. The zero-order valence-corrected chi connectivity index (χ0v) is 14.2. The zero-order valence-electron chi connectivity index (χ0n) is 14.2. The maximum atomic E-state index is 12.9. The fourth-order valence-electron chi connectivity index (χ4n) is 2.46. The van der Waals surface area contributed by atoms with E-state index in [1.807, 2.05) is 13.8 Å². The molecular weight excluding hydrogens is 310 g/mol. The van der Waals surface area contributed by atoms with E-state index < -0.39 is 23.6 Å². The highest BCUT2D eigenvalue weighted by Crippen LogP contribution is 2.18. The summed E-state index contributed by atoms with van der Waals surface area (Å²) in [5.41, 5.74) is 0.156. The lowest BCUT2D eigenvalue weighted by atomic mass is 10.1. The topological polar surface area (TPSA) is 90.3 Å². The van der Waals surface area contributed by atoms with E-state index in [1.54, 1.807) is 31.2 Å². The number of carbonyl (C=O) groups excluding carboxylic acids is 2. The van der Waals surface area contributed by atoms with Crippen molar-refractivity contribution in [1.82, 2.24) is 14.9 Å². The molecule has 0 saturated carbocycles. The van der Waals surface area contributed by atoms with Crippen molar-refractivity contribution in [3.63, 3.8) is 0 Å². The Labute approximate surface area is 139 Å². The highest BCUT2D eigenvalue weighted by Gasteiger charge is 2.28. The number of nitrogens with zero attached hydrogens (tertiary/aromatic N) is 2. The molecular formula is C17H21N3O4. The Morgan fingerprint density at radius 3 is 2.54 bits per heavy atom. The van der Waals surface area contributed by atoms with Gasteiger partial charge in [0.15, 0.2) is 0 Å². The Morgan fingerprint density at radius 1 is 1.29 bits per heavy atom. The van der Waals surface area contributed by atoms with Crippen molar-refractivity contribution in [2.24, 2.45) is 0 Å². The predicted molar refractivity (Wildman–Crippen MR) is 89.6 cm³/mol. The fourth-order valence-corrected chi connectivity index (χ4v) is 2.46. The third-order valence-electron chi connectivity index (χ3n) is 3.46. The van der Waals surface area contributed by atoms with Gasteiger partial charge in [0, 0.05) is 12.8 Å². The van der Waals surface area contributed by atoms with Crippen LogP contribution in [0.3, 0.4) is 0 Å². The number of ether oxygens (including phenoxy) is 1. The molecule has 24 heavy (non-hydrogen) atoms. The van der Waals surface area contributed by atoms with Crippen molar-refractivity contribution in [3.8, 4) is 0 Å². The van der Waals surface area contributed by atoms with Gasteiger partial charge in [-0.3, -0.25) is 14.2 Å². The molecule has 0 aliphatic rings. The summed E-state index contributed by atoms with van der Waals surface area (Å²) in [4.78, 5) is 41.3. The minimum absolute atomic E-state index is 0.131. The molecule has 1 amide bonds. The van der Waals surface area contributed by atoms with Crippen LogP contribution < -0.4 is 10.9 Å². The van der Waals surface area contributed by atoms with Crippen LogP contribution in [0, 0.1) is 0 Å². The first-order chi connectivity index (χ1) is 11.4. The maximum Gasteiger partial charge on any atom is 0.350 e. The normalized spacial score (nSPS) is 12.2. The first-order valence-corrected chi connectivity index (χ1v) is 7.81. The van der Waals surface area contributed by atoms with Crippen LogP contribution in [0.1, 0.15) is 45.6 Å². The monoisotopic (exact) mass is 331 g/mol. The summed E-state index contributed by atoms with van der Waals surface area (Å²) in [5, 5.41) is 2.87. The molecule has 0 aliphatic carbocycles. The van der Waals surface area contributed by atoms with Crippen molar-refractivity contribution in [2.75, 3.05) is 6.61 Å². The molecule has 0 spiro atoms. The van der Waals surface area contributed by atoms with Gasteiger partial charge in [0.05, 0.1) is 17.5 Å². The molecule has 0 aliphatic heterocycles. The Morgan fingerprint density at radius 2 is 1.96 bits per heavy atom. The second kappa shape index (κ2) is 7.25. The molecule has 2 rings (SSSR count). The minimum atomic E-state index is -1.25. The molecule has 0 fully saturated rings. The van der Waals surface area contributed by atoms with E-state index in [1.165, 1.54) is 11.5 Å². The molecule has 7 heteroatoms. The molecule has 1 aromatic heterocycles. The summed E-state index contributed by atoms with van der Waals surface area (Å²) in [7, 11) is 0. The van der Waals surface area contributed by atoms with Crippen LogP contribution in [-0.2, 0) is 14.3 Å². The van der Waals surface area contributed by atoms with E-state index in [0.29, 0.717) is 16.7 Å². The van der Waals surface area contributed by atoms with E-state index in [4.69, 9.17) is 4.74 Å². The number of hydrogen-bond acceptors (Lipinski definition) is 5. The molecule has 1 atom stereocenters. The van der Waals surface area contributed by atoms with Crippen molar-refractivity contribution >= 4 is 22.8 Å². The molecule has 1 N–H and O–H groups in total. The predicted octanol–water partition coefficient (Wildman–Crippen LogP) is 1.72. The third-order valence-corrected chi connectivity index (χ3v) is 3.46. The smallest absolute Gasteiger partial charge is 0.350 e. The van der Waals surface area contributed by atoms with E-state index in [-0.39, 0.29) is 12.5 Å². The van der Waals surface area contributed by atoms with Crippen LogP contribution in [0.25, 0.3) is 10.9 Å². The largest absolute Gasteiger partial charge is 0.463 e. The number of nitrogens with one attached hydrogen (secondary N) is 1. The molecule has 0 bridgehead atoms. The second-order valence-corrected chi connectivity index (χ2v) is 5.67. The number of carbonyl (C=O) groups is 2. The van der Waals surface area contributed by atoms with Crippen LogP contribution in [0.2, 0.25) is 0 Å². The van der Waals surface area contributed by atoms with Gasteiger partial charge in [0.1, 0.15) is 5.82 Å². The Balaban J connectivity index is 2.76. The van der Waals surface area contributed by atoms with Gasteiger partial charge in [-0.25, -0.2) is 9.78 Å². The molecule has 1 unspecified atom stereocenters. The van der Waals surface area contributed by atoms with Crippen LogP contribution in [0.5, 0.6) is 0 Å². The number of rotatable bonds is 5. The number of benzene rings is 1. The number of fused-ring (bicyclic) bond motifs is 1. The van der Waals surface area contributed by atoms with Crippen LogP contribution in [-0.4, -0.2) is 28.0 Å². The van der Waals surface area contributed by atoms with E-state index in [0.717, 1.165) is 0 Å². The first-order valence-electron chi connectivity index (χ1n) is 7.81. The van der Waals surface area contributed by atoms with E-state index in [2.05, 4.69) is 10.3 Å². The summed E-state index contributed by atoms with van der Waals surface area (Å²) in [5.74, 6) is -0.866. The van der Waals surface area contributed by atoms with Crippen molar-refractivity contribution < 1.29 is 14.3 Å². The average Bonchev–Trinajstić information content (AvgIpc) is 2.53. The van der Waals surface area contributed by atoms with Crippen molar-refractivity contribution in [2.45, 2.75) is 39.8 Å². The summed E-state index contributed by atoms with van der Waals surface area (Å²) < 4.78 is 6.23. The lowest BCUT2D eigenvalue weighted by Gasteiger charge is -2.23. The SMILES string of the molecule is CCOC(=O)C(NC(C)=O)n1c(C(C)C)nc2ccccc2c1=O. The second-order valence-electron chi connectivity index (χ2n) is 5.67. The molecule has 7 nitrogen and oxygen atoms in total. The standard InChI is InChI=1S/C17H21N3O4/c1-5-24-17(23)15(18-11(4)21)20-14(10(2)3)19-13-9-7-6-8-12(13)16(20)22/h6-10,15H,5H2,1-4H3,(H,18,21). The first kappa shape index (κ1) is 17.7. The van der Waals surface area contributed by atoms with E-state index >= 15 is 0 Å². The number of hydrogen-bond donors (Lipinski definition) is 1. The highest BCUT2D eigenvalue weighted by molar-refractivity contribution is 5.83. The van der Waals surface area contributed by atoms with Gasteiger partial charge in [-0.05, 0) is 19.1 Å². The highest BCUT2D eigenvalue weighted by atomic mass is 16.5. The Hall–Kier alpha value is -2.70. The Bertz CT molecular complexity index is 826. The molecule has 1 heterocycles. The number of aromatic nitrogens is 2. The van der Waals surface area contributed by atoms with Gasteiger partial charge < -0.3 is 10.1 Å². The quantitative estimate of drug-likeness (QED) is 0.843. The van der Waals surface area contributed by atoms with Crippen molar-refractivity contribution in [3.05, 3.63) is 40.4 Å². The zero-order chi connectivity index (χ0) is 17.9. The average molecular weight is 331 g/mol. The van der Waals surface area contributed by atoms with Crippen LogP contribution >= 0.6 is 0 Å². The van der Waals surface area contributed by atoms with Gasteiger partial charge in [-0.1, -0.05) is 26.0 Å². The number of esters is 1. The van der Waals surface area contributed by atoms with Crippen molar-refractivity contribution in [1.29, 1.82) is 0 Å². The van der Waals surface area contributed by atoms with Crippen LogP contribution in [0.4, 0.5) is 0 Å². The molecule has 128 valence electrons. The fraction of sp³-hybridized carbons (Fsp3) is 0.412. The summed E-state index contributed by atoms with van der Waals surface area (Å²) in [6.07, 6.45) is -1.25. The lowest BCUT2D eigenvalue weighted by molar-refractivity contribution is -0.150. The summed E-state index contributed by atoms with van der Waals surface area (Å²) in [6, 6.07) is 6.90. The van der Waals surface area contributed by atoms with Gasteiger partial charge in [-0.2, -0.15) is 0 Å². The summed E-state index contributed by atoms with van der Waals surface area (Å²) in [6.45, 7) is 6.81. The molecule has 2 aromatic rings. The third kappa shape index (κ3) is 3.45. The van der Waals surface area contributed by atoms with Crippen LogP contribution in [0.15, 0.2) is 29.1 Å². The molecule has 0 radical (unpaired) electrons. The molecule has 1 aromatic carbocycles.